The quantitative estimate of drug-likeness (QED) is 0.184. The molecule has 0 saturated heterocycles. The minimum Gasteiger partial charge on any atom is -0.741 e. The second-order valence-corrected chi connectivity index (χ2v) is 10.5. The van der Waals surface area contributed by atoms with Gasteiger partial charge in [0.05, 0.1) is 0 Å². The maximum Gasteiger partial charge on any atom is 0.485 e. The summed E-state index contributed by atoms with van der Waals surface area (Å²) in [6.45, 7) is 6.85. The van der Waals surface area contributed by atoms with Crippen LogP contribution >= 0.6 is 11.3 Å². The van der Waals surface area contributed by atoms with Crippen LogP contribution in [0.5, 0.6) is 0 Å². The van der Waals surface area contributed by atoms with Crippen molar-refractivity contribution >= 4 is 27.1 Å². The van der Waals surface area contributed by atoms with Crippen molar-refractivity contribution in [2.45, 2.75) is 45.0 Å². The number of hydrogen-bond donors (Lipinski definition) is 0. The van der Waals surface area contributed by atoms with Crippen LogP contribution in [0.25, 0.3) is 20.9 Å². The van der Waals surface area contributed by atoms with Crippen LogP contribution in [0.15, 0.2) is 60.9 Å². The highest BCUT2D eigenvalue weighted by Gasteiger charge is 2.36. The first-order valence-corrected chi connectivity index (χ1v) is 13.6. The van der Waals surface area contributed by atoms with Gasteiger partial charge in [-0.2, -0.15) is 13.2 Å². The first kappa shape index (κ1) is 28.8. The first-order valence-electron chi connectivity index (χ1n) is 11.4. The van der Waals surface area contributed by atoms with Crippen LogP contribution in [0, 0.1) is 0 Å². The third kappa shape index (κ3) is 8.94. The molecule has 0 aliphatic heterocycles. The number of aromatic nitrogens is 1. The zero-order valence-electron chi connectivity index (χ0n) is 20.1. The largest absolute Gasteiger partial charge is 0.741 e. The van der Waals surface area contributed by atoms with Gasteiger partial charge in [0.25, 0.3) is 0 Å². The highest BCUT2D eigenvalue weighted by atomic mass is 32.2. The summed E-state index contributed by atoms with van der Waals surface area (Å²) in [5, 5.41) is 0. The van der Waals surface area contributed by atoms with Gasteiger partial charge in [-0.05, 0) is 42.7 Å². The fourth-order valence-corrected chi connectivity index (χ4v) is 4.23. The van der Waals surface area contributed by atoms with E-state index in [1.54, 1.807) is 0 Å². The van der Waals surface area contributed by atoms with E-state index in [-0.39, 0.29) is 0 Å². The Morgan fingerprint density at radius 1 is 0.857 bits per heavy atom. The molecule has 0 saturated carbocycles. The average molecular weight is 529 g/mol. The van der Waals surface area contributed by atoms with E-state index in [1.165, 1.54) is 52.3 Å². The summed E-state index contributed by atoms with van der Waals surface area (Å²) >= 11 is 1.86. The topological polar surface area (TPSA) is 64.3 Å². The van der Waals surface area contributed by atoms with Crippen LogP contribution in [0.3, 0.4) is 0 Å². The van der Waals surface area contributed by atoms with Crippen molar-refractivity contribution < 1.29 is 30.7 Å². The predicted molar refractivity (Wildman–Crippen MR) is 134 cm³/mol. The van der Waals surface area contributed by atoms with Crippen LogP contribution in [0.4, 0.5) is 18.9 Å². The maximum absolute atomic E-state index is 10.7. The molecule has 192 valence electrons. The van der Waals surface area contributed by atoms with Crippen LogP contribution in [-0.2, 0) is 17.2 Å². The zero-order chi connectivity index (χ0) is 26.1. The summed E-state index contributed by atoms with van der Waals surface area (Å²) in [7, 11) is -4.04. The van der Waals surface area contributed by atoms with Gasteiger partial charge in [0.15, 0.2) is 22.5 Å². The molecule has 0 spiro atoms. The van der Waals surface area contributed by atoms with E-state index in [1.807, 2.05) is 11.3 Å². The first-order chi connectivity index (χ1) is 16.5. The summed E-state index contributed by atoms with van der Waals surface area (Å²) in [4.78, 5) is 5.20. The highest BCUT2D eigenvalue weighted by molar-refractivity contribution is 7.86. The number of benzene rings is 1. The summed E-state index contributed by atoms with van der Waals surface area (Å²) in [6.07, 6.45) is 9.21. The van der Waals surface area contributed by atoms with E-state index in [2.05, 4.69) is 91.3 Å². The van der Waals surface area contributed by atoms with Crippen LogP contribution in [0.1, 0.15) is 39.5 Å². The molecule has 0 fully saturated rings. The molecule has 1 aromatic carbocycles. The molecule has 10 heteroatoms. The molecule has 35 heavy (non-hydrogen) atoms. The van der Waals surface area contributed by atoms with Crippen LogP contribution < -0.4 is 9.47 Å². The highest BCUT2D eigenvalue weighted by Crippen LogP contribution is 2.34. The van der Waals surface area contributed by atoms with Crippen molar-refractivity contribution in [3.05, 3.63) is 60.9 Å². The van der Waals surface area contributed by atoms with Gasteiger partial charge in [0.2, 0.25) is 0 Å². The van der Waals surface area contributed by atoms with E-state index in [4.69, 9.17) is 13.0 Å². The maximum atomic E-state index is 10.7. The third-order valence-electron chi connectivity index (χ3n) is 5.23. The minimum atomic E-state index is -6.09. The molecule has 5 nitrogen and oxygen atoms in total. The van der Waals surface area contributed by atoms with E-state index in [0.717, 1.165) is 13.1 Å². The molecule has 2 aromatic heterocycles. The molecule has 0 bridgehead atoms. The van der Waals surface area contributed by atoms with Gasteiger partial charge < -0.3 is 9.45 Å². The van der Waals surface area contributed by atoms with Gasteiger partial charge in [-0.3, -0.25) is 0 Å². The van der Waals surface area contributed by atoms with Gasteiger partial charge in [-0.1, -0.05) is 38.8 Å². The molecule has 0 radical (unpaired) electrons. The van der Waals surface area contributed by atoms with Crippen molar-refractivity contribution in [1.82, 2.24) is 0 Å². The van der Waals surface area contributed by atoms with Gasteiger partial charge >= 0.3 is 5.51 Å². The van der Waals surface area contributed by atoms with Crippen LogP contribution in [0.2, 0.25) is 0 Å². The van der Waals surface area contributed by atoms with Crippen molar-refractivity contribution in [2.24, 2.45) is 7.05 Å². The monoisotopic (exact) mass is 528 g/mol. The normalized spacial score (nSPS) is 11.6. The second-order valence-electron chi connectivity index (χ2n) is 8.06. The Labute approximate surface area is 209 Å². The Bertz CT molecular complexity index is 1140. The second kappa shape index (κ2) is 13.0. The molecule has 0 N–H and O–H groups in total. The van der Waals surface area contributed by atoms with Crippen molar-refractivity contribution in [2.75, 3.05) is 18.0 Å². The van der Waals surface area contributed by atoms with E-state index in [9.17, 15) is 13.2 Å². The number of rotatable bonds is 9. The minimum absolute atomic E-state index is 1.16. The van der Waals surface area contributed by atoms with Gasteiger partial charge in [-0.25, -0.2) is 13.0 Å². The molecule has 3 aromatic rings. The standard InChI is InChI=1S/C24H31N2S.CHF3O3S/c1-4-6-16-26(17-7-5-2)22-10-8-20(9-11-22)23-12-13-24(27-23)21-14-18-25(3)19-15-21;2-1(3,4)8(5,6)7/h8-15,18-19H,4-7,16-17H2,1-3H3;(H,5,6,7)/q+1;/p-1. The number of alkyl halides is 3. The summed E-state index contributed by atoms with van der Waals surface area (Å²) in [5.74, 6) is 0. The Morgan fingerprint density at radius 2 is 1.29 bits per heavy atom. The number of hydrogen-bond acceptors (Lipinski definition) is 5. The number of pyridine rings is 1. The van der Waals surface area contributed by atoms with E-state index < -0.39 is 15.6 Å². The molecule has 0 unspecified atom stereocenters. The van der Waals surface area contributed by atoms with E-state index >= 15 is 0 Å². The lowest BCUT2D eigenvalue weighted by Crippen LogP contribution is -2.25. The van der Waals surface area contributed by atoms with Crippen molar-refractivity contribution in [3.8, 4) is 20.9 Å². The number of aryl methyl sites for hydroxylation is 1. The molecule has 2 heterocycles. The molecule has 0 amide bonds. The molecular weight excluding hydrogens is 497 g/mol. The predicted octanol–water partition coefficient (Wildman–Crippen LogP) is 6.36. The van der Waals surface area contributed by atoms with Gasteiger partial charge in [-0.15, -0.1) is 11.3 Å². The number of anilines is 1. The zero-order valence-corrected chi connectivity index (χ0v) is 21.7. The molecule has 3 rings (SSSR count). The van der Waals surface area contributed by atoms with Gasteiger partial charge in [0.1, 0.15) is 7.05 Å². The average Bonchev–Trinajstić information content (AvgIpc) is 3.29. The lowest BCUT2D eigenvalue weighted by Gasteiger charge is -2.24. The summed E-state index contributed by atoms with van der Waals surface area (Å²) < 4.78 is 61.0. The Kier molecular flexibility index (Phi) is 10.7. The number of thiophene rings is 1. The molecule has 0 aliphatic carbocycles. The van der Waals surface area contributed by atoms with Crippen LogP contribution in [-0.4, -0.2) is 31.6 Å². The number of unbranched alkanes of at least 4 members (excludes halogenated alkanes) is 2. The van der Waals surface area contributed by atoms with E-state index in [0.29, 0.717) is 0 Å². The van der Waals surface area contributed by atoms with Gasteiger partial charge in [0, 0.05) is 46.2 Å². The third-order valence-corrected chi connectivity index (χ3v) is 6.98. The lowest BCUT2D eigenvalue weighted by molar-refractivity contribution is -0.671. The lowest BCUT2D eigenvalue weighted by atomic mass is 10.1. The molecule has 0 aliphatic rings. The molecular formula is C25H31F3N2O3S2. The number of halogens is 3. The summed E-state index contributed by atoms with van der Waals surface area (Å²) in [6, 6.07) is 18.0. The smallest absolute Gasteiger partial charge is 0.485 e. The fourth-order valence-electron chi connectivity index (χ4n) is 3.22. The molecule has 0 atom stereocenters. The Morgan fingerprint density at radius 3 is 1.69 bits per heavy atom. The number of nitrogens with zero attached hydrogens (tertiary/aromatic N) is 2. The Balaban J connectivity index is 0.000000466. The Hall–Kier alpha value is -2.43. The fraction of sp³-hybridized carbons (Fsp3) is 0.400. The summed E-state index contributed by atoms with van der Waals surface area (Å²) in [5.41, 5.74) is -1.70. The van der Waals surface area contributed by atoms with Crippen molar-refractivity contribution in [3.63, 3.8) is 0 Å². The van der Waals surface area contributed by atoms with Crippen molar-refractivity contribution in [1.29, 1.82) is 0 Å². The SMILES string of the molecule is CCCCN(CCCC)c1ccc(-c2ccc(-c3cc[n+](C)cc3)s2)cc1.O=S(=O)([O-])C(F)(F)F.